The second-order valence-electron chi connectivity index (χ2n) is 13.2. The molecule has 56 heavy (non-hydrogen) atoms. The first-order valence-electron chi connectivity index (χ1n) is 21.2. The van der Waals surface area contributed by atoms with Crippen LogP contribution in [0.15, 0.2) is 122 Å². The van der Waals surface area contributed by atoms with Crippen LogP contribution in [0, 0.1) is 0 Å². The molecule has 0 aromatic rings. The lowest BCUT2D eigenvalue weighted by Gasteiger charge is -2.08. The number of hydrogen-bond acceptors (Lipinski definition) is 7. The highest BCUT2D eigenvalue weighted by atomic mass is 16.5. The zero-order valence-corrected chi connectivity index (χ0v) is 35.2. The van der Waals surface area contributed by atoms with Crippen molar-refractivity contribution in [3.8, 4) is 0 Å². The summed E-state index contributed by atoms with van der Waals surface area (Å²) in [5, 5.41) is 27.1. The molecule has 3 N–H and O–H groups in total. The fourth-order valence-electron chi connectivity index (χ4n) is 4.50. The molecule has 0 aliphatic carbocycles. The van der Waals surface area contributed by atoms with E-state index in [1.807, 2.05) is 6.92 Å². The van der Waals surface area contributed by atoms with Crippen molar-refractivity contribution in [3.05, 3.63) is 122 Å². The maximum atomic E-state index is 11.4. The Bertz CT molecular complexity index is 1180. The van der Waals surface area contributed by atoms with Gasteiger partial charge in [-0.05, 0) is 103 Å². The van der Waals surface area contributed by atoms with Gasteiger partial charge in [-0.25, -0.2) is 0 Å². The summed E-state index contributed by atoms with van der Waals surface area (Å²) in [4.78, 5) is 22.8. The summed E-state index contributed by atoms with van der Waals surface area (Å²) in [6.45, 7) is 5.74. The Kier molecular flexibility index (Phi) is 46.0. The first kappa shape index (κ1) is 54.3. The third kappa shape index (κ3) is 48.2. The Morgan fingerprint density at radius 1 is 0.429 bits per heavy atom. The van der Waals surface area contributed by atoms with Crippen LogP contribution in [0.5, 0.6) is 0 Å². The van der Waals surface area contributed by atoms with Gasteiger partial charge in [0.15, 0.2) is 0 Å². The van der Waals surface area contributed by atoms with E-state index in [0.717, 1.165) is 103 Å². The monoisotopic (exact) mass is 779 g/mol. The second-order valence-corrected chi connectivity index (χ2v) is 13.2. The molecule has 0 aliphatic heterocycles. The molecule has 2 atom stereocenters. The van der Waals surface area contributed by atoms with Crippen molar-refractivity contribution in [2.75, 3.05) is 19.8 Å². The topological polar surface area (TPSA) is 113 Å². The Hall–Kier alpha value is -3.78. The zero-order valence-electron chi connectivity index (χ0n) is 35.2. The standard InChI is InChI=1S/C25H40O4.C24H38O3/c1-2-3-4-5-6-7-8-9-10-11-12-13-14-15-16-17-18-19-20-21-25(28)29-23-24(27)22-26;1-3-5-6-7-8-9-10-11-12-13-14-15-16-17-18-19-20-21-24(26)27-22-23(25)4-2/h3-4,6-7,9-10,12-13,15-16,24,26-27H,2,5,8,11,14,17-23H2,1H3;5-6,8-9,11-12,14-15,17-18,23,25H,3-4,7,10,13,16,19-22H2,1-2H3/b4-3-,7-6-,10-9-,13-12-,16-15-;6-5-,9-8-,12-11-,15-14-,18-17-. The molecule has 0 rings (SSSR count). The lowest BCUT2D eigenvalue weighted by molar-refractivity contribution is -0.148. The van der Waals surface area contributed by atoms with Crippen LogP contribution in [0.2, 0.25) is 0 Å². The van der Waals surface area contributed by atoms with Crippen LogP contribution in [-0.4, -0.2) is 59.3 Å². The van der Waals surface area contributed by atoms with E-state index in [4.69, 9.17) is 19.7 Å². The molecule has 7 nitrogen and oxygen atoms in total. The van der Waals surface area contributed by atoms with E-state index in [1.165, 1.54) is 0 Å². The third-order valence-corrected chi connectivity index (χ3v) is 7.87. The Morgan fingerprint density at radius 2 is 0.750 bits per heavy atom. The number of unbranched alkanes of at least 4 members (excludes halogenated alkanes) is 4. The van der Waals surface area contributed by atoms with Crippen molar-refractivity contribution >= 4 is 11.9 Å². The van der Waals surface area contributed by atoms with E-state index in [-0.39, 0.29) is 31.8 Å². The number of aliphatic hydroxyl groups is 3. The minimum absolute atomic E-state index is 0.108. The number of ether oxygens (including phenoxy) is 2. The molecule has 0 aliphatic rings. The van der Waals surface area contributed by atoms with Gasteiger partial charge in [0.25, 0.3) is 0 Å². The summed E-state index contributed by atoms with van der Waals surface area (Å²) in [5.74, 6) is -0.540. The summed E-state index contributed by atoms with van der Waals surface area (Å²) in [7, 11) is 0. The molecule has 0 radical (unpaired) electrons. The largest absolute Gasteiger partial charge is 0.463 e. The molecule has 0 fully saturated rings. The minimum Gasteiger partial charge on any atom is -0.463 e. The molecule has 0 saturated carbocycles. The Balaban J connectivity index is 0. The van der Waals surface area contributed by atoms with E-state index in [1.54, 1.807) is 0 Å². The first-order valence-corrected chi connectivity index (χ1v) is 21.2. The highest BCUT2D eigenvalue weighted by molar-refractivity contribution is 5.69. The van der Waals surface area contributed by atoms with Crippen molar-refractivity contribution in [2.24, 2.45) is 0 Å². The predicted octanol–water partition coefficient (Wildman–Crippen LogP) is 11.8. The summed E-state index contributed by atoms with van der Waals surface area (Å²) in [5.41, 5.74) is 0. The van der Waals surface area contributed by atoms with E-state index in [2.05, 4.69) is 135 Å². The van der Waals surface area contributed by atoms with Gasteiger partial charge in [0, 0.05) is 12.8 Å². The molecule has 0 aromatic heterocycles. The van der Waals surface area contributed by atoms with Crippen molar-refractivity contribution in [1.82, 2.24) is 0 Å². The van der Waals surface area contributed by atoms with Crippen molar-refractivity contribution in [2.45, 2.75) is 155 Å². The molecular weight excluding hydrogens is 701 g/mol. The minimum atomic E-state index is -0.978. The molecular formula is C49H78O7. The van der Waals surface area contributed by atoms with E-state index >= 15 is 0 Å². The number of carbonyl (C=O) groups is 2. The first-order chi connectivity index (χ1) is 27.4. The van der Waals surface area contributed by atoms with Crippen LogP contribution in [0.3, 0.4) is 0 Å². The maximum absolute atomic E-state index is 11.4. The van der Waals surface area contributed by atoms with E-state index in [0.29, 0.717) is 19.3 Å². The van der Waals surface area contributed by atoms with Crippen LogP contribution >= 0.6 is 0 Å². The number of aliphatic hydroxyl groups excluding tert-OH is 3. The van der Waals surface area contributed by atoms with Crippen LogP contribution in [0.1, 0.15) is 143 Å². The molecule has 0 heterocycles. The average molecular weight is 779 g/mol. The number of allylic oxidation sites excluding steroid dienone is 20. The fourth-order valence-corrected chi connectivity index (χ4v) is 4.50. The van der Waals surface area contributed by atoms with E-state index < -0.39 is 12.2 Å². The molecule has 2 unspecified atom stereocenters. The van der Waals surface area contributed by atoms with Crippen LogP contribution < -0.4 is 0 Å². The summed E-state index contributed by atoms with van der Waals surface area (Å²) >= 11 is 0. The number of hydrogen-bond donors (Lipinski definition) is 3. The Morgan fingerprint density at radius 3 is 1.11 bits per heavy atom. The molecule has 7 heteroatoms. The quantitative estimate of drug-likeness (QED) is 0.0339. The van der Waals surface area contributed by atoms with Crippen molar-refractivity contribution < 1.29 is 34.4 Å². The van der Waals surface area contributed by atoms with Crippen molar-refractivity contribution in [1.29, 1.82) is 0 Å². The SMILES string of the molecule is CC/C=C\C/C=C\C/C=C\C/C=C\C/C=C\CCCC(=O)OCC(O)CC.CC/C=C\C/C=C\C/C=C\C/C=C\C/C=C\CCCCCC(=O)OCC(O)CO. The van der Waals surface area contributed by atoms with Gasteiger partial charge in [0.1, 0.15) is 19.3 Å². The third-order valence-electron chi connectivity index (χ3n) is 7.87. The lowest BCUT2D eigenvalue weighted by atomic mass is 10.1. The highest BCUT2D eigenvalue weighted by Gasteiger charge is 2.07. The van der Waals surface area contributed by atoms with Gasteiger partial charge in [-0.1, -0.05) is 149 Å². The molecule has 0 saturated heterocycles. The summed E-state index contributed by atoms with van der Waals surface area (Å²) in [6.07, 6.45) is 59.1. The number of carbonyl (C=O) groups excluding carboxylic acids is 2. The maximum Gasteiger partial charge on any atom is 0.305 e. The second kappa shape index (κ2) is 47.4. The summed E-state index contributed by atoms with van der Waals surface area (Å²) in [6, 6.07) is 0. The fraction of sp³-hybridized carbons (Fsp3) is 0.551. The van der Waals surface area contributed by atoms with Gasteiger partial charge >= 0.3 is 11.9 Å². The Labute approximate surface area is 341 Å². The molecule has 316 valence electrons. The lowest BCUT2D eigenvalue weighted by Crippen LogP contribution is -2.21. The van der Waals surface area contributed by atoms with Gasteiger partial charge in [0.2, 0.25) is 0 Å². The number of rotatable bonds is 34. The van der Waals surface area contributed by atoms with Gasteiger partial charge < -0.3 is 24.8 Å². The van der Waals surface area contributed by atoms with Gasteiger partial charge in [0.05, 0.1) is 12.7 Å². The molecule has 0 aromatic carbocycles. The van der Waals surface area contributed by atoms with Gasteiger partial charge in [-0.3, -0.25) is 9.59 Å². The van der Waals surface area contributed by atoms with E-state index in [9.17, 15) is 14.7 Å². The molecule has 0 amide bonds. The highest BCUT2D eigenvalue weighted by Crippen LogP contribution is 2.06. The zero-order chi connectivity index (χ0) is 41.4. The molecule has 0 bridgehead atoms. The van der Waals surface area contributed by atoms with Gasteiger partial charge in [-0.2, -0.15) is 0 Å². The van der Waals surface area contributed by atoms with Gasteiger partial charge in [-0.15, -0.1) is 0 Å². The van der Waals surface area contributed by atoms with Crippen molar-refractivity contribution in [3.63, 3.8) is 0 Å². The smallest absolute Gasteiger partial charge is 0.305 e. The summed E-state index contributed by atoms with van der Waals surface area (Å²) < 4.78 is 9.84. The predicted molar refractivity (Wildman–Crippen MR) is 237 cm³/mol. The normalized spacial score (nSPS) is 13.7. The molecule has 0 spiro atoms. The van der Waals surface area contributed by atoms with Crippen LogP contribution in [-0.2, 0) is 19.1 Å². The van der Waals surface area contributed by atoms with Crippen LogP contribution in [0.25, 0.3) is 0 Å². The number of esters is 2. The average Bonchev–Trinajstić information content (AvgIpc) is 3.21. The van der Waals surface area contributed by atoms with Crippen LogP contribution in [0.4, 0.5) is 0 Å².